The van der Waals surface area contributed by atoms with Gasteiger partial charge in [0.05, 0.1) is 6.42 Å². The average molecular weight is 517 g/mol. The number of rotatable bonds is 9. The molecule has 0 aromatic heterocycles. The maximum absolute atomic E-state index is 14.0. The lowest BCUT2D eigenvalue weighted by Crippen LogP contribution is -2.53. The molecule has 1 atom stereocenters. The second-order valence-electron chi connectivity index (χ2n) is 10.3. The van der Waals surface area contributed by atoms with Crippen LogP contribution in [0.25, 0.3) is 0 Å². The first-order chi connectivity index (χ1) is 17.9. The van der Waals surface area contributed by atoms with E-state index in [1.54, 1.807) is 4.90 Å². The molecule has 1 N–H and O–H groups in total. The fourth-order valence-corrected chi connectivity index (χ4v) is 5.36. The van der Waals surface area contributed by atoms with Crippen molar-refractivity contribution in [1.29, 1.82) is 0 Å². The van der Waals surface area contributed by atoms with Crippen LogP contribution in [0.2, 0.25) is 5.02 Å². The lowest BCUT2D eigenvalue weighted by Gasteiger charge is -2.34. The van der Waals surface area contributed by atoms with Crippen molar-refractivity contribution in [2.75, 3.05) is 0 Å². The first kappa shape index (κ1) is 26.9. The zero-order valence-electron chi connectivity index (χ0n) is 21.9. The third-order valence-corrected chi connectivity index (χ3v) is 7.74. The molecule has 1 aliphatic carbocycles. The molecular formula is C32H37ClN2O2. The molecule has 4 nitrogen and oxygen atoms in total. The molecule has 1 fully saturated rings. The van der Waals surface area contributed by atoms with Crippen LogP contribution >= 0.6 is 11.6 Å². The quantitative estimate of drug-likeness (QED) is 0.349. The Kier molecular flexibility index (Phi) is 9.40. The summed E-state index contributed by atoms with van der Waals surface area (Å²) in [6, 6.07) is 23.2. The molecule has 37 heavy (non-hydrogen) atoms. The van der Waals surface area contributed by atoms with Gasteiger partial charge in [0.15, 0.2) is 0 Å². The van der Waals surface area contributed by atoms with Gasteiger partial charge in [-0.15, -0.1) is 0 Å². The monoisotopic (exact) mass is 516 g/mol. The zero-order chi connectivity index (χ0) is 26.2. The van der Waals surface area contributed by atoms with E-state index in [0.29, 0.717) is 11.4 Å². The maximum atomic E-state index is 14.0. The van der Waals surface area contributed by atoms with Crippen LogP contribution in [0.1, 0.15) is 59.9 Å². The van der Waals surface area contributed by atoms with Crippen LogP contribution in [0, 0.1) is 13.8 Å². The van der Waals surface area contributed by atoms with E-state index in [4.69, 9.17) is 11.6 Å². The number of benzene rings is 3. The average Bonchev–Trinajstić information content (AvgIpc) is 2.90. The number of hydrogen-bond acceptors (Lipinski definition) is 2. The van der Waals surface area contributed by atoms with Crippen molar-refractivity contribution in [3.8, 4) is 0 Å². The number of carbonyl (C=O) groups excluding carboxylic acids is 2. The van der Waals surface area contributed by atoms with Crippen molar-refractivity contribution >= 4 is 23.4 Å². The van der Waals surface area contributed by atoms with Gasteiger partial charge in [-0.05, 0) is 55.0 Å². The Bertz CT molecular complexity index is 1200. The van der Waals surface area contributed by atoms with Gasteiger partial charge in [-0.25, -0.2) is 0 Å². The normalized spacial score (nSPS) is 14.7. The topological polar surface area (TPSA) is 49.4 Å². The molecule has 1 saturated carbocycles. The van der Waals surface area contributed by atoms with Crippen LogP contribution in [0.15, 0.2) is 72.8 Å². The molecule has 0 bridgehead atoms. The highest BCUT2D eigenvalue weighted by Crippen LogP contribution is 2.23. The van der Waals surface area contributed by atoms with Gasteiger partial charge in [0.25, 0.3) is 0 Å². The third-order valence-electron chi connectivity index (χ3n) is 7.37. The zero-order valence-corrected chi connectivity index (χ0v) is 22.6. The van der Waals surface area contributed by atoms with Gasteiger partial charge < -0.3 is 10.2 Å². The molecule has 3 aromatic rings. The Labute approximate surface area is 226 Å². The number of hydrogen-bond donors (Lipinski definition) is 1. The number of halogens is 1. The number of carbonyl (C=O) groups is 2. The summed E-state index contributed by atoms with van der Waals surface area (Å²) in [4.78, 5) is 29.6. The molecule has 0 unspecified atom stereocenters. The third kappa shape index (κ3) is 7.45. The number of aryl methyl sites for hydroxylation is 2. The Morgan fingerprint density at radius 2 is 1.62 bits per heavy atom. The van der Waals surface area contributed by atoms with Crippen LogP contribution in [0.3, 0.4) is 0 Å². The van der Waals surface area contributed by atoms with Crippen molar-refractivity contribution in [1.82, 2.24) is 10.2 Å². The number of nitrogens with one attached hydrogen (secondary N) is 1. The Morgan fingerprint density at radius 3 is 2.35 bits per heavy atom. The van der Waals surface area contributed by atoms with Crippen LogP contribution in [-0.2, 0) is 29.0 Å². The van der Waals surface area contributed by atoms with E-state index in [-0.39, 0.29) is 30.8 Å². The van der Waals surface area contributed by atoms with Crippen LogP contribution in [0.4, 0.5) is 0 Å². The second-order valence-corrected chi connectivity index (χ2v) is 10.7. The summed E-state index contributed by atoms with van der Waals surface area (Å²) in [5.41, 5.74) is 5.03. The molecular weight excluding hydrogens is 480 g/mol. The molecule has 0 radical (unpaired) electrons. The smallest absolute Gasteiger partial charge is 0.243 e. The predicted molar refractivity (Wildman–Crippen MR) is 151 cm³/mol. The van der Waals surface area contributed by atoms with E-state index in [0.717, 1.165) is 53.5 Å². The standard InChI is InChI=1S/C32H37ClN2O2/c1-23-17-18-24(2)27(19-23)21-31(36)35(22-26-13-9-10-16-29(26)33)30(20-25-11-5-3-6-12-25)32(37)34-28-14-7-4-8-15-28/h3,5-6,9-13,16-19,28,30H,4,7-8,14-15,20-22H2,1-2H3,(H,34,37)/t30-/m0/s1. The van der Waals surface area contributed by atoms with E-state index < -0.39 is 6.04 Å². The van der Waals surface area contributed by atoms with E-state index in [9.17, 15) is 9.59 Å². The number of nitrogens with zero attached hydrogens (tertiary/aromatic N) is 1. The Morgan fingerprint density at radius 1 is 0.919 bits per heavy atom. The summed E-state index contributed by atoms with van der Waals surface area (Å²) in [7, 11) is 0. The highest BCUT2D eigenvalue weighted by Gasteiger charge is 2.32. The van der Waals surface area contributed by atoms with E-state index >= 15 is 0 Å². The van der Waals surface area contributed by atoms with Gasteiger partial charge in [0, 0.05) is 24.0 Å². The lowest BCUT2D eigenvalue weighted by molar-refractivity contribution is -0.141. The fourth-order valence-electron chi connectivity index (χ4n) is 5.16. The SMILES string of the molecule is Cc1ccc(C)c(CC(=O)N(Cc2ccccc2Cl)[C@@H](Cc2ccccc2)C(=O)NC2CCCCC2)c1. The Hall–Kier alpha value is -3.11. The highest BCUT2D eigenvalue weighted by atomic mass is 35.5. The molecule has 4 rings (SSSR count). The minimum absolute atomic E-state index is 0.0756. The van der Waals surface area contributed by atoms with Crippen molar-refractivity contribution in [2.45, 2.75) is 77.4 Å². The van der Waals surface area contributed by atoms with Crippen molar-refractivity contribution < 1.29 is 9.59 Å². The molecule has 0 aliphatic heterocycles. The van der Waals surface area contributed by atoms with Crippen molar-refractivity contribution in [3.05, 3.63) is 106 Å². The van der Waals surface area contributed by atoms with Crippen molar-refractivity contribution in [2.24, 2.45) is 0 Å². The van der Waals surface area contributed by atoms with Gasteiger partial charge in [0.1, 0.15) is 6.04 Å². The molecule has 3 aromatic carbocycles. The Balaban J connectivity index is 1.68. The molecule has 5 heteroatoms. The molecule has 0 heterocycles. The van der Waals surface area contributed by atoms with E-state index in [1.807, 2.05) is 74.5 Å². The summed E-state index contributed by atoms with van der Waals surface area (Å²) in [6.45, 7) is 4.33. The molecule has 1 aliphatic rings. The molecule has 2 amide bonds. The highest BCUT2D eigenvalue weighted by molar-refractivity contribution is 6.31. The lowest BCUT2D eigenvalue weighted by atomic mass is 9.94. The molecule has 0 spiro atoms. The predicted octanol–water partition coefficient (Wildman–Crippen LogP) is 6.59. The summed E-state index contributed by atoms with van der Waals surface area (Å²) in [5, 5.41) is 3.89. The van der Waals surface area contributed by atoms with E-state index in [1.165, 1.54) is 6.42 Å². The van der Waals surface area contributed by atoms with Crippen LogP contribution in [-0.4, -0.2) is 28.8 Å². The molecule has 194 valence electrons. The van der Waals surface area contributed by atoms with Gasteiger partial charge in [-0.3, -0.25) is 9.59 Å². The minimum Gasteiger partial charge on any atom is -0.352 e. The first-order valence-corrected chi connectivity index (χ1v) is 13.7. The van der Waals surface area contributed by atoms with E-state index in [2.05, 4.69) is 17.4 Å². The maximum Gasteiger partial charge on any atom is 0.243 e. The fraction of sp³-hybridized carbons (Fsp3) is 0.375. The van der Waals surface area contributed by atoms with Crippen LogP contribution in [0.5, 0.6) is 0 Å². The van der Waals surface area contributed by atoms with Crippen LogP contribution < -0.4 is 5.32 Å². The largest absolute Gasteiger partial charge is 0.352 e. The van der Waals surface area contributed by atoms with Gasteiger partial charge in [-0.2, -0.15) is 0 Å². The van der Waals surface area contributed by atoms with Gasteiger partial charge in [-0.1, -0.05) is 103 Å². The van der Waals surface area contributed by atoms with Gasteiger partial charge >= 0.3 is 0 Å². The number of amides is 2. The first-order valence-electron chi connectivity index (χ1n) is 13.3. The molecule has 0 saturated heterocycles. The minimum atomic E-state index is -0.641. The summed E-state index contributed by atoms with van der Waals surface area (Å²) < 4.78 is 0. The second kappa shape index (κ2) is 12.9. The van der Waals surface area contributed by atoms with Gasteiger partial charge in [0.2, 0.25) is 11.8 Å². The summed E-state index contributed by atoms with van der Waals surface area (Å²) >= 11 is 6.54. The summed E-state index contributed by atoms with van der Waals surface area (Å²) in [6.07, 6.45) is 6.14. The summed E-state index contributed by atoms with van der Waals surface area (Å²) in [5.74, 6) is -0.162. The van der Waals surface area contributed by atoms with Crippen molar-refractivity contribution in [3.63, 3.8) is 0 Å².